The molecular weight excluding hydrogens is 1680 g/mol. The summed E-state index contributed by atoms with van der Waals surface area (Å²) in [5, 5.41) is 171. The fourth-order valence-corrected chi connectivity index (χ4v) is 37.7. The summed E-state index contributed by atoms with van der Waals surface area (Å²) in [7, 11) is 0. The number of aliphatic hydroxyl groups is 16. The SMILES string of the molecule is C/C=C(\C(C)C)[C@@H](O)[C@H](O)[C@@H](C)[C@H]1CCC2C3CC(=O)C4C[C@H](O)[C@H](O)C[C@]4(C)C3CC[C@@]21C.C=C(C(C)C)[C@@H](O)[C@H](O)[C@@H](C)[C@H]1CCC2C3CC(=O)C4C[C@H](O)[C@H](O)C[C@]4(C)C3CC[C@@]21C.CC(C)C[C@@H](O)[C@H](O)[C@@H](C)[C@H]1CCC2C3CC(=O)C4C[C@H](O)[C@H](O)C[C@]4(C)C3CC[C@@]21C.CC[C@@H](C(C)C)[C@@H](O)[C@H](O)[C@@H](C)[C@H]1CCC2C3CC(=O)C4C[C@H](O)[C@H](O)C[C@]4(C)C3CC[C@@]21C. The maximum absolute atomic E-state index is 13.4. The molecule has 0 bridgehead atoms. The molecule has 0 saturated heterocycles. The molecule has 49 atom stereocenters. The molecule has 0 radical (unpaired) electrons. The molecule has 16 N–H and O–H groups in total. The molecule has 16 rings (SSSR count). The van der Waals surface area contributed by atoms with Crippen molar-refractivity contribution in [3.8, 4) is 0 Å². The molecular formula is C113H190O20. The highest BCUT2D eigenvalue weighted by Gasteiger charge is 2.70. The molecule has 0 aromatic rings. The van der Waals surface area contributed by atoms with Crippen molar-refractivity contribution < 1.29 is 101 Å². The van der Waals surface area contributed by atoms with E-state index in [1.54, 1.807) is 0 Å². The zero-order valence-corrected chi connectivity index (χ0v) is 86.3. The molecule has 0 amide bonds. The summed E-state index contributed by atoms with van der Waals surface area (Å²) in [6.45, 7) is 51.2. The van der Waals surface area contributed by atoms with E-state index in [0.29, 0.717) is 196 Å². The third-order valence-corrected chi connectivity index (χ3v) is 45.2. The molecule has 16 aliphatic rings. The lowest BCUT2D eigenvalue weighted by Gasteiger charge is -2.61. The zero-order chi connectivity index (χ0) is 98.4. The minimum Gasteiger partial charge on any atom is -0.390 e. The van der Waals surface area contributed by atoms with Crippen LogP contribution in [0.2, 0.25) is 0 Å². The van der Waals surface area contributed by atoms with E-state index in [4.69, 9.17) is 0 Å². The van der Waals surface area contributed by atoms with E-state index < -0.39 is 97.7 Å². The smallest absolute Gasteiger partial charge is 0.136 e. The maximum atomic E-state index is 13.4. The average Bonchev–Trinajstić information content (AvgIpc) is 1.65. The molecule has 16 aliphatic carbocycles. The van der Waals surface area contributed by atoms with Gasteiger partial charge in [0.1, 0.15) is 35.3 Å². The second-order valence-corrected chi connectivity index (χ2v) is 52.6. The van der Waals surface area contributed by atoms with Crippen LogP contribution in [0, 0.1) is 215 Å². The van der Waals surface area contributed by atoms with E-state index in [1.165, 1.54) is 0 Å². The Balaban J connectivity index is 0.000000151. The van der Waals surface area contributed by atoms with E-state index in [1.807, 2.05) is 26.8 Å². The Labute approximate surface area is 801 Å². The predicted molar refractivity (Wildman–Crippen MR) is 517 cm³/mol. The van der Waals surface area contributed by atoms with Gasteiger partial charge in [0, 0.05) is 49.4 Å². The monoisotopic (exact) mass is 1870 g/mol. The number of ketones is 4. The highest BCUT2D eigenvalue weighted by atomic mass is 16.4. The summed E-state index contributed by atoms with van der Waals surface area (Å²) >= 11 is 0. The van der Waals surface area contributed by atoms with Gasteiger partial charge < -0.3 is 81.7 Å². The largest absolute Gasteiger partial charge is 0.390 e. The number of hydrogen-bond donors (Lipinski definition) is 16. The Bertz CT molecular complexity index is 4050. The van der Waals surface area contributed by atoms with Crippen LogP contribution in [0.1, 0.15) is 345 Å². The van der Waals surface area contributed by atoms with Gasteiger partial charge in [-0.2, -0.15) is 0 Å². The summed E-state index contributed by atoms with van der Waals surface area (Å²) in [6.07, 6.45) is 14.0. The third kappa shape index (κ3) is 18.9. The molecule has 16 unspecified atom stereocenters. The van der Waals surface area contributed by atoms with Crippen molar-refractivity contribution in [2.45, 2.75) is 443 Å². The Kier molecular flexibility index (Phi) is 32.9. The molecule has 0 aromatic carbocycles. The summed E-state index contributed by atoms with van der Waals surface area (Å²) in [6, 6.07) is 0. The molecule has 0 aromatic heterocycles. The first-order chi connectivity index (χ1) is 61.9. The zero-order valence-electron chi connectivity index (χ0n) is 86.3. The van der Waals surface area contributed by atoms with Gasteiger partial charge >= 0.3 is 0 Å². The first kappa shape index (κ1) is 108. The van der Waals surface area contributed by atoms with Crippen molar-refractivity contribution in [3.05, 3.63) is 23.8 Å². The highest BCUT2D eigenvalue weighted by molar-refractivity contribution is 5.85. The van der Waals surface area contributed by atoms with Crippen molar-refractivity contribution in [3.63, 3.8) is 0 Å². The molecule has 133 heavy (non-hydrogen) atoms. The standard InChI is InChI=1S/C29H50O5.C29H48O5.C28H46O5.C27H46O5/c2*1-7-17(15(2)3)27(34)26(33)16(4)19-8-9-20-18-12-23(30)22-13-24(31)25(32)14-29(22,6)21(18)10-11-28(19,20)5;1-14(2)15(3)25(32)26(33)16(4)18-7-8-19-17-11-22(29)21-12-23(30)24(31)13-28(21,6)20(17)9-10-27(18,19)5;1-14(2)10-23(30)25(32)15(3)17-6-7-18-16-11-21(28)20-12-22(29)24(31)13-27(20,5)19(16)8-9-26(17,18)4/h15-22,24-27,31-34H,7-14H2,1-6H3;7,15-16,18-22,24-27,31-34H,8-14H2,1-6H3;14,16-21,23-26,30-33H,3,7-13H2,1-2,4-6H3;14-20,22-25,29-32H,6-13H2,1-5H3/b;17-7+;;/t16-,17-,18?,19+,20?,21?,22?,24-,25+,26+,27+,28+,29+;16-,18?,19+,20?,21?,22?,24-,25+,26+,27+,28+,29+;16-,17?,18+,19?,20?,21?,23-,24+,25+,26+,27+,28+;15-,16?,17+,18?,19?,20?,22-,23+,24+,25+,26+,27+/m0000/s1. The molecule has 16 saturated carbocycles. The van der Waals surface area contributed by atoms with E-state index in [2.05, 4.69) is 138 Å². The van der Waals surface area contributed by atoms with Crippen LogP contribution in [0.3, 0.4) is 0 Å². The fraction of sp³-hybridized carbons (Fsp3) is 0.929. The second kappa shape index (κ2) is 40.6. The Morgan fingerprint density at radius 1 is 0.338 bits per heavy atom. The Morgan fingerprint density at radius 2 is 0.594 bits per heavy atom. The first-order valence-corrected chi connectivity index (χ1v) is 54.3. The van der Waals surface area contributed by atoms with Gasteiger partial charge in [-0.15, -0.1) is 0 Å². The number of rotatable bonds is 21. The number of Topliss-reactive ketones (excluding diaryl/α,β-unsaturated/α-hetero) is 4. The summed E-state index contributed by atoms with van der Waals surface area (Å²) in [5.74, 6) is 7.60. The quantitative estimate of drug-likeness (QED) is 0.0475. The molecule has 0 heterocycles. The lowest BCUT2D eigenvalue weighted by Crippen LogP contribution is -2.59. The molecule has 0 spiro atoms. The second-order valence-electron chi connectivity index (χ2n) is 52.6. The minimum absolute atomic E-state index is 0.0172. The average molecular weight is 1870 g/mol. The van der Waals surface area contributed by atoms with Crippen LogP contribution in [0.25, 0.3) is 0 Å². The van der Waals surface area contributed by atoms with Crippen LogP contribution in [-0.2, 0) is 19.2 Å². The molecule has 762 valence electrons. The van der Waals surface area contributed by atoms with Gasteiger partial charge in [-0.05, 0) is 370 Å². The van der Waals surface area contributed by atoms with Crippen LogP contribution in [0.15, 0.2) is 23.8 Å². The lowest BCUT2D eigenvalue weighted by molar-refractivity contribution is -0.175. The Morgan fingerprint density at radius 3 is 0.835 bits per heavy atom. The number of fused-ring (bicyclic) bond motifs is 20. The number of carbonyl (C=O) groups excluding carboxylic acids is 4. The van der Waals surface area contributed by atoms with E-state index in [-0.39, 0.29) is 132 Å². The third-order valence-electron chi connectivity index (χ3n) is 45.2. The van der Waals surface area contributed by atoms with Gasteiger partial charge in [0.15, 0.2) is 0 Å². The van der Waals surface area contributed by atoms with Crippen LogP contribution in [0.5, 0.6) is 0 Å². The van der Waals surface area contributed by atoms with Gasteiger partial charge in [0.2, 0.25) is 0 Å². The van der Waals surface area contributed by atoms with Crippen LogP contribution in [-0.4, -0.2) is 203 Å². The molecule has 20 nitrogen and oxygen atoms in total. The van der Waals surface area contributed by atoms with Crippen LogP contribution >= 0.6 is 0 Å². The highest BCUT2D eigenvalue weighted by Crippen LogP contribution is 2.74. The number of hydrogen-bond acceptors (Lipinski definition) is 20. The van der Waals surface area contributed by atoms with Gasteiger partial charge in [-0.1, -0.05) is 164 Å². The van der Waals surface area contributed by atoms with Crippen molar-refractivity contribution in [1.82, 2.24) is 0 Å². The number of carbonyl (C=O) groups is 4. The predicted octanol–water partition coefficient (Wildman–Crippen LogP) is 15.6. The van der Waals surface area contributed by atoms with Gasteiger partial charge in [-0.3, -0.25) is 19.2 Å². The summed E-state index contributed by atoms with van der Waals surface area (Å²) < 4.78 is 0. The lowest BCUT2D eigenvalue weighted by atomic mass is 9.44. The normalized spacial score (nSPS) is 48.2. The van der Waals surface area contributed by atoms with Crippen molar-refractivity contribution in [1.29, 1.82) is 0 Å². The van der Waals surface area contributed by atoms with Gasteiger partial charge in [0.25, 0.3) is 0 Å². The van der Waals surface area contributed by atoms with Crippen LogP contribution in [0.4, 0.5) is 0 Å². The molecule has 20 heteroatoms. The van der Waals surface area contributed by atoms with E-state index in [0.717, 1.165) is 115 Å². The number of aliphatic hydroxyl groups excluding tert-OH is 16. The van der Waals surface area contributed by atoms with Gasteiger partial charge in [-0.25, -0.2) is 0 Å². The summed E-state index contributed by atoms with van der Waals surface area (Å²) in [4.78, 5) is 53.3. The number of allylic oxidation sites excluding steroid dienone is 1. The first-order valence-electron chi connectivity index (χ1n) is 54.3. The van der Waals surface area contributed by atoms with Crippen molar-refractivity contribution in [2.75, 3.05) is 0 Å². The van der Waals surface area contributed by atoms with Crippen molar-refractivity contribution in [2.24, 2.45) is 215 Å². The molecule has 0 aliphatic heterocycles. The van der Waals surface area contributed by atoms with Crippen molar-refractivity contribution >= 4 is 23.1 Å². The Hall–Kier alpha value is -2.48. The minimum atomic E-state index is -0.912. The summed E-state index contributed by atoms with van der Waals surface area (Å²) in [5.41, 5.74) is 0.882. The fourth-order valence-electron chi connectivity index (χ4n) is 37.7. The van der Waals surface area contributed by atoms with Gasteiger partial charge in [0.05, 0.1) is 85.5 Å². The maximum Gasteiger partial charge on any atom is 0.136 e. The van der Waals surface area contributed by atoms with E-state index in [9.17, 15) is 101 Å². The molecule has 16 fully saturated rings. The van der Waals surface area contributed by atoms with Crippen LogP contribution < -0.4 is 0 Å². The topological polar surface area (TPSA) is 392 Å². The van der Waals surface area contributed by atoms with E-state index >= 15 is 0 Å².